The Balaban J connectivity index is 1.45. The molecule has 4 heteroatoms. The highest BCUT2D eigenvalue weighted by Gasteiger charge is 2.15. The minimum atomic E-state index is 0.00143. The average molecular weight is 529 g/mol. The maximum absolute atomic E-state index is 10.1. The maximum Gasteiger partial charge on any atom is 0.119 e. The third-order valence-electron chi connectivity index (χ3n) is 6.66. The number of aromatic hydroxyl groups is 1. The molecule has 40 heavy (non-hydrogen) atoms. The molecule has 0 aliphatic carbocycles. The highest BCUT2D eigenvalue weighted by molar-refractivity contribution is 5.98. The molecule has 5 aromatic carbocycles. The van der Waals surface area contributed by atoms with Crippen LogP contribution in [0.4, 0.5) is 0 Å². The molecule has 5 aromatic rings. The first-order valence-electron chi connectivity index (χ1n) is 13.4. The Morgan fingerprint density at radius 1 is 0.500 bits per heavy atom. The van der Waals surface area contributed by atoms with Gasteiger partial charge in [0.25, 0.3) is 0 Å². The number of hydrogen-bond donors (Lipinski definition) is 2. The normalized spacial score (nSPS) is 11.5. The van der Waals surface area contributed by atoms with Gasteiger partial charge in [0.15, 0.2) is 0 Å². The lowest BCUT2D eigenvalue weighted by Gasteiger charge is -2.18. The Morgan fingerprint density at radius 3 is 1.38 bits per heavy atom. The summed E-state index contributed by atoms with van der Waals surface area (Å²) in [7, 11) is 0. The van der Waals surface area contributed by atoms with Crippen LogP contribution in [0.15, 0.2) is 133 Å². The summed E-state index contributed by atoms with van der Waals surface area (Å²) in [6.07, 6.45) is 0.465. The molecule has 0 amide bonds. The molecule has 2 N–H and O–H groups in total. The van der Waals surface area contributed by atoms with Gasteiger partial charge in [0.1, 0.15) is 30.5 Å². The Kier molecular flexibility index (Phi) is 8.92. The SMILES string of the molecule is OCC/C(=C(/c1ccc(O)cc1)c1ccc(OCc2ccccc2)cc1)c1ccc(OCc2ccccc2)cc1. The number of phenols is 1. The van der Waals surface area contributed by atoms with Gasteiger partial charge in [0.2, 0.25) is 0 Å². The average Bonchev–Trinajstić information content (AvgIpc) is 3.01. The lowest BCUT2D eigenvalue weighted by atomic mass is 9.88. The minimum absolute atomic E-state index is 0.00143. The number of ether oxygens (including phenoxy) is 2. The van der Waals surface area contributed by atoms with E-state index in [1.165, 1.54) is 0 Å². The summed E-state index contributed by atoms with van der Waals surface area (Å²) >= 11 is 0. The minimum Gasteiger partial charge on any atom is -0.508 e. The largest absolute Gasteiger partial charge is 0.508 e. The van der Waals surface area contributed by atoms with Gasteiger partial charge in [-0.05, 0) is 81.8 Å². The van der Waals surface area contributed by atoms with Gasteiger partial charge < -0.3 is 19.7 Å². The second-order valence-corrected chi connectivity index (χ2v) is 9.47. The van der Waals surface area contributed by atoms with E-state index in [1.54, 1.807) is 12.1 Å². The summed E-state index contributed by atoms with van der Waals surface area (Å²) in [5.74, 6) is 1.76. The van der Waals surface area contributed by atoms with Gasteiger partial charge in [-0.2, -0.15) is 0 Å². The third-order valence-corrected chi connectivity index (χ3v) is 6.66. The van der Waals surface area contributed by atoms with Crippen molar-refractivity contribution in [1.29, 1.82) is 0 Å². The van der Waals surface area contributed by atoms with Crippen LogP contribution in [0.3, 0.4) is 0 Å². The first-order valence-corrected chi connectivity index (χ1v) is 13.4. The van der Waals surface area contributed by atoms with Crippen molar-refractivity contribution in [3.63, 3.8) is 0 Å². The van der Waals surface area contributed by atoms with Gasteiger partial charge in [-0.25, -0.2) is 0 Å². The van der Waals surface area contributed by atoms with Crippen molar-refractivity contribution >= 4 is 11.1 Å². The molecule has 200 valence electrons. The molecule has 0 radical (unpaired) electrons. The number of benzene rings is 5. The van der Waals surface area contributed by atoms with E-state index in [4.69, 9.17) is 9.47 Å². The smallest absolute Gasteiger partial charge is 0.119 e. The molecule has 0 bridgehead atoms. The van der Waals surface area contributed by atoms with E-state index in [1.807, 2.05) is 121 Å². The fourth-order valence-corrected chi connectivity index (χ4v) is 4.62. The Hall–Kier alpha value is -4.80. The van der Waals surface area contributed by atoms with Gasteiger partial charge in [0.05, 0.1) is 0 Å². The predicted molar refractivity (Wildman–Crippen MR) is 160 cm³/mol. The van der Waals surface area contributed by atoms with Crippen LogP contribution in [0, 0.1) is 0 Å². The van der Waals surface area contributed by atoms with Crippen molar-refractivity contribution in [2.45, 2.75) is 19.6 Å². The number of aliphatic hydroxyl groups is 1. The van der Waals surface area contributed by atoms with E-state index in [0.29, 0.717) is 19.6 Å². The summed E-state index contributed by atoms with van der Waals surface area (Å²) < 4.78 is 12.0. The zero-order chi connectivity index (χ0) is 27.6. The second-order valence-electron chi connectivity index (χ2n) is 9.47. The van der Waals surface area contributed by atoms with Gasteiger partial charge in [-0.3, -0.25) is 0 Å². The molecule has 0 heterocycles. The quantitative estimate of drug-likeness (QED) is 0.171. The molecule has 4 nitrogen and oxygen atoms in total. The van der Waals surface area contributed by atoms with Gasteiger partial charge in [-0.1, -0.05) is 97.1 Å². The Bertz CT molecular complexity index is 1510. The van der Waals surface area contributed by atoms with E-state index in [-0.39, 0.29) is 12.4 Å². The fraction of sp³-hybridized carbons (Fsp3) is 0.111. The molecule has 0 fully saturated rings. The van der Waals surface area contributed by atoms with Gasteiger partial charge in [-0.15, -0.1) is 0 Å². The molecule has 5 rings (SSSR count). The standard InChI is InChI=1S/C36H32O4/c37-24-23-35(29-13-19-33(20-14-29)39-25-27-7-3-1-4-8-27)36(30-11-17-32(38)18-12-30)31-15-21-34(22-16-31)40-26-28-9-5-2-6-10-28/h1-22,37-38H,23-26H2/b36-35+. The van der Waals surface area contributed by atoms with Crippen molar-refractivity contribution in [2.75, 3.05) is 6.61 Å². The number of rotatable bonds is 11. The highest BCUT2D eigenvalue weighted by atomic mass is 16.5. The molecule has 0 aromatic heterocycles. The number of hydrogen-bond acceptors (Lipinski definition) is 4. The summed E-state index contributed by atoms with van der Waals surface area (Å²) in [5.41, 5.74) is 7.14. The van der Waals surface area contributed by atoms with Crippen LogP contribution in [0.25, 0.3) is 11.1 Å². The summed E-state index contributed by atoms with van der Waals surface area (Å²) in [4.78, 5) is 0. The van der Waals surface area contributed by atoms with Crippen molar-refractivity contribution in [3.8, 4) is 17.2 Å². The zero-order valence-electron chi connectivity index (χ0n) is 22.2. The monoisotopic (exact) mass is 528 g/mol. The molecule has 0 saturated heterocycles. The molecule has 0 aliphatic heterocycles. The van der Waals surface area contributed by atoms with Crippen molar-refractivity contribution in [3.05, 3.63) is 161 Å². The molecule has 0 unspecified atom stereocenters. The van der Waals surface area contributed by atoms with E-state index in [2.05, 4.69) is 0 Å². The van der Waals surface area contributed by atoms with Crippen LogP contribution in [-0.4, -0.2) is 16.8 Å². The Morgan fingerprint density at radius 2 is 0.925 bits per heavy atom. The van der Waals surface area contributed by atoms with Crippen LogP contribution in [0.2, 0.25) is 0 Å². The van der Waals surface area contributed by atoms with E-state index in [0.717, 1.165) is 50.5 Å². The maximum atomic E-state index is 10.1. The van der Waals surface area contributed by atoms with Crippen LogP contribution in [-0.2, 0) is 13.2 Å². The number of phenolic OH excluding ortho intramolecular Hbond substituents is 1. The lowest BCUT2D eigenvalue weighted by molar-refractivity contribution is 0.304. The van der Waals surface area contributed by atoms with Crippen molar-refractivity contribution in [1.82, 2.24) is 0 Å². The van der Waals surface area contributed by atoms with Crippen LogP contribution in [0.1, 0.15) is 34.2 Å². The fourth-order valence-electron chi connectivity index (χ4n) is 4.62. The first-order chi connectivity index (χ1) is 19.7. The second kappa shape index (κ2) is 13.3. The zero-order valence-corrected chi connectivity index (χ0v) is 22.2. The van der Waals surface area contributed by atoms with E-state index >= 15 is 0 Å². The van der Waals surface area contributed by atoms with Crippen LogP contribution < -0.4 is 9.47 Å². The molecule has 0 aliphatic rings. The lowest BCUT2D eigenvalue weighted by Crippen LogP contribution is -1.99. The van der Waals surface area contributed by atoms with Crippen LogP contribution in [0.5, 0.6) is 17.2 Å². The summed E-state index contributed by atoms with van der Waals surface area (Å²) in [6.45, 7) is 0.994. The molecular formula is C36H32O4. The predicted octanol–water partition coefficient (Wildman–Crippen LogP) is 7.89. The van der Waals surface area contributed by atoms with Crippen LogP contribution >= 0.6 is 0 Å². The van der Waals surface area contributed by atoms with Crippen molar-refractivity contribution in [2.24, 2.45) is 0 Å². The third kappa shape index (κ3) is 6.99. The molecule has 0 atom stereocenters. The first kappa shape index (κ1) is 26.8. The van der Waals surface area contributed by atoms with E-state index < -0.39 is 0 Å². The summed E-state index contributed by atoms with van der Waals surface area (Å²) in [6, 6.07) is 43.3. The van der Waals surface area contributed by atoms with Crippen molar-refractivity contribution < 1.29 is 19.7 Å². The van der Waals surface area contributed by atoms with E-state index in [9.17, 15) is 10.2 Å². The molecule has 0 saturated carbocycles. The highest BCUT2D eigenvalue weighted by Crippen LogP contribution is 2.36. The molecular weight excluding hydrogens is 496 g/mol. The van der Waals surface area contributed by atoms with Gasteiger partial charge in [0, 0.05) is 6.61 Å². The topological polar surface area (TPSA) is 58.9 Å². The summed E-state index contributed by atoms with van der Waals surface area (Å²) in [5, 5.41) is 20.0. The van der Waals surface area contributed by atoms with Gasteiger partial charge >= 0.3 is 0 Å². The Labute approximate surface area is 235 Å². The molecule has 0 spiro atoms. The number of aliphatic hydroxyl groups excluding tert-OH is 1.